The van der Waals surface area contributed by atoms with E-state index in [9.17, 15) is 13.2 Å². The summed E-state index contributed by atoms with van der Waals surface area (Å²) in [6, 6.07) is 19.6. The van der Waals surface area contributed by atoms with E-state index in [0.29, 0.717) is 28.5 Å². The number of tetrazole rings is 1. The molecule has 19 nitrogen and oxygen atoms in total. The average Bonchev–Trinajstić information content (AvgIpc) is 3.85. The lowest BCUT2D eigenvalue weighted by molar-refractivity contribution is 0.0137. The second-order valence-corrected chi connectivity index (χ2v) is 12.1. The standard InChI is InChI=1S/C32H26N10O9S/c1-46-22-8-2-3-9-23(22)49-26-29(40-52(44,45)20-7-6-13-33-18-20)35-27(19-12-14-34-21(17-19)28-38-41-42-39-28)36-30(26)47-15-16-48-31(43)37-32-50-24-10-4-5-11-25(24)51-32/h2-14,17-18,32H,15-16H2,1H3,(H,37,43)(H,35,36,40)(H,38,39,41,42). The Kier molecular flexibility index (Phi) is 9.51. The van der Waals surface area contributed by atoms with Crippen LogP contribution in [-0.4, -0.2) is 81.8 Å². The number of sulfonamides is 1. The predicted octanol–water partition coefficient (Wildman–Crippen LogP) is 3.58. The first-order valence-corrected chi connectivity index (χ1v) is 16.7. The first-order chi connectivity index (χ1) is 25.4. The lowest BCUT2D eigenvalue weighted by atomic mass is 10.2. The molecule has 0 fully saturated rings. The number of hydrogen-bond acceptors (Lipinski definition) is 16. The summed E-state index contributed by atoms with van der Waals surface area (Å²) in [4.78, 5) is 29.7. The van der Waals surface area contributed by atoms with Crippen molar-refractivity contribution in [3.05, 3.63) is 91.4 Å². The Morgan fingerprint density at radius 2 is 1.71 bits per heavy atom. The molecule has 0 unspecified atom stereocenters. The SMILES string of the molecule is COc1ccccc1Oc1c(NS(=O)(=O)c2cccnc2)nc(-c2ccnc(-c3nn[nH]n3)c2)nc1OCCOC(=O)NC1Oc2ccccc2O1. The van der Waals surface area contributed by atoms with Crippen molar-refractivity contribution in [1.82, 2.24) is 45.9 Å². The zero-order valence-corrected chi connectivity index (χ0v) is 27.7. The number of methoxy groups -OCH3 is 1. The fourth-order valence-corrected chi connectivity index (χ4v) is 5.62. The van der Waals surface area contributed by atoms with Crippen molar-refractivity contribution < 1.29 is 41.6 Å². The first kappa shape index (κ1) is 33.4. The number of hydrogen-bond donors (Lipinski definition) is 3. The number of benzene rings is 2. The first-order valence-electron chi connectivity index (χ1n) is 15.2. The molecule has 264 valence electrons. The molecular formula is C32H26N10O9S. The molecule has 3 N–H and O–H groups in total. The molecule has 20 heteroatoms. The van der Waals surface area contributed by atoms with Gasteiger partial charge in [0.15, 0.2) is 34.6 Å². The van der Waals surface area contributed by atoms with Crippen molar-refractivity contribution in [3.8, 4) is 57.5 Å². The van der Waals surface area contributed by atoms with E-state index >= 15 is 0 Å². The largest absolute Gasteiger partial charge is 0.493 e. The van der Waals surface area contributed by atoms with E-state index in [1.54, 1.807) is 60.7 Å². The van der Waals surface area contributed by atoms with Crippen LogP contribution in [0.15, 0.2) is 96.3 Å². The average molecular weight is 727 g/mol. The van der Waals surface area contributed by atoms with Crippen molar-refractivity contribution in [1.29, 1.82) is 0 Å². The molecule has 0 saturated heterocycles. The third-order valence-electron chi connectivity index (χ3n) is 6.99. The maximum Gasteiger partial charge on any atom is 0.412 e. The van der Waals surface area contributed by atoms with Gasteiger partial charge in [0.25, 0.3) is 15.9 Å². The number of aromatic amines is 1. The van der Waals surface area contributed by atoms with Gasteiger partial charge in [-0.25, -0.2) is 18.2 Å². The van der Waals surface area contributed by atoms with Crippen molar-refractivity contribution in [2.24, 2.45) is 0 Å². The molecule has 6 aromatic rings. The molecule has 0 saturated carbocycles. The van der Waals surface area contributed by atoms with Crippen molar-refractivity contribution >= 4 is 21.9 Å². The number of carbonyl (C=O) groups excluding carboxylic acids is 1. The highest BCUT2D eigenvalue weighted by Gasteiger charge is 2.27. The van der Waals surface area contributed by atoms with Crippen LogP contribution in [0.2, 0.25) is 0 Å². The van der Waals surface area contributed by atoms with E-state index in [-0.39, 0.29) is 53.0 Å². The molecule has 52 heavy (non-hydrogen) atoms. The fraction of sp³-hybridized carbons (Fsp3) is 0.125. The van der Waals surface area contributed by atoms with Gasteiger partial charge in [-0.1, -0.05) is 24.3 Å². The summed E-state index contributed by atoms with van der Waals surface area (Å²) < 4.78 is 63.6. The van der Waals surface area contributed by atoms with Crippen LogP contribution in [0.4, 0.5) is 10.6 Å². The molecule has 0 bridgehead atoms. The van der Waals surface area contributed by atoms with Gasteiger partial charge in [-0.15, -0.1) is 10.2 Å². The highest BCUT2D eigenvalue weighted by atomic mass is 32.2. The van der Waals surface area contributed by atoms with Gasteiger partial charge in [0.2, 0.25) is 11.6 Å². The molecule has 2 aromatic carbocycles. The molecule has 0 radical (unpaired) electrons. The quantitative estimate of drug-likeness (QED) is 0.144. The second-order valence-electron chi connectivity index (χ2n) is 10.4. The number of ether oxygens (including phenoxy) is 6. The van der Waals surface area contributed by atoms with E-state index in [1.165, 1.54) is 37.8 Å². The summed E-state index contributed by atoms with van der Waals surface area (Å²) in [6.07, 6.45) is 2.12. The Bertz CT molecular complexity index is 2270. The van der Waals surface area contributed by atoms with E-state index in [4.69, 9.17) is 28.4 Å². The summed E-state index contributed by atoms with van der Waals surface area (Å²) in [7, 11) is -2.84. The minimum Gasteiger partial charge on any atom is -0.493 e. The number of rotatable bonds is 13. The van der Waals surface area contributed by atoms with E-state index in [0.717, 1.165) is 0 Å². The van der Waals surface area contributed by atoms with Crippen LogP contribution >= 0.6 is 0 Å². The molecule has 5 heterocycles. The molecule has 0 aliphatic carbocycles. The Labute approximate surface area is 294 Å². The molecule has 1 aliphatic rings. The number of nitrogens with zero attached hydrogens (tertiary/aromatic N) is 7. The predicted molar refractivity (Wildman–Crippen MR) is 178 cm³/mol. The number of amides is 1. The number of alkyl carbamates (subject to hydrolysis) is 1. The van der Waals surface area contributed by atoms with Gasteiger partial charge in [0.1, 0.15) is 23.8 Å². The lowest BCUT2D eigenvalue weighted by Gasteiger charge is -2.18. The van der Waals surface area contributed by atoms with E-state index < -0.39 is 22.5 Å². The monoisotopic (exact) mass is 726 g/mol. The van der Waals surface area contributed by atoms with Crippen molar-refractivity contribution in [2.75, 3.05) is 25.0 Å². The van der Waals surface area contributed by atoms with Crippen LogP contribution in [0, 0.1) is 0 Å². The maximum absolute atomic E-state index is 13.6. The number of fused-ring (bicyclic) bond motifs is 1. The zero-order valence-electron chi connectivity index (χ0n) is 26.9. The Morgan fingerprint density at radius 3 is 2.44 bits per heavy atom. The van der Waals surface area contributed by atoms with Crippen LogP contribution < -0.4 is 33.7 Å². The molecule has 4 aromatic heterocycles. The highest BCUT2D eigenvalue weighted by Crippen LogP contribution is 2.42. The van der Waals surface area contributed by atoms with E-state index in [1.807, 2.05) is 0 Å². The van der Waals surface area contributed by atoms with Crippen LogP contribution in [0.3, 0.4) is 0 Å². The Balaban J connectivity index is 1.20. The number of carbonyl (C=O) groups is 1. The van der Waals surface area contributed by atoms with Gasteiger partial charge in [0.05, 0.1) is 7.11 Å². The highest BCUT2D eigenvalue weighted by molar-refractivity contribution is 7.92. The van der Waals surface area contributed by atoms with Crippen LogP contribution in [0.1, 0.15) is 0 Å². The number of pyridine rings is 2. The van der Waals surface area contributed by atoms with Gasteiger partial charge >= 0.3 is 12.5 Å². The van der Waals surface area contributed by atoms with Gasteiger partial charge in [-0.3, -0.25) is 20.0 Å². The summed E-state index contributed by atoms with van der Waals surface area (Å²) >= 11 is 0. The van der Waals surface area contributed by atoms with Crippen molar-refractivity contribution in [3.63, 3.8) is 0 Å². The lowest BCUT2D eigenvalue weighted by Crippen LogP contribution is -2.41. The number of anilines is 1. The Hall–Kier alpha value is -7.09. The molecular weight excluding hydrogens is 700 g/mol. The number of nitrogens with one attached hydrogen (secondary N) is 3. The van der Waals surface area contributed by atoms with E-state index in [2.05, 4.69) is 50.6 Å². The third-order valence-corrected chi connectivity index (χ3v) is 8.32. The normalized spacial score (nSPS) is 12.2. The smallest absolute Gasteiger partial charge is 0.412 e. The van der Waals surface area contributed by atoms with Gasteiger partial charge in [-0.05, 0) is 53.7 Å². The molecule has 1 aliphatic heterocycles. The molecule has 7 rings (SSSR count). The van der Waals surface area contributed by atoms with Crippen LogP contribution in [-0.2, 0) is 14.8 Å². The molecule has 1 amide bonds. The number of aromatic nitrogens is 8. The minimum absolute atomic E-state index is 0.00725. The fourth-order valence-electron chi connectivity index (χ4n) is 4.65. The summed E-state index contributed by atoms with van der Waals surface area (Å²) in [6.45, 7) is -0.551. The van der Waals surface area contributed by atoms with Gasteiger partial charge < -0.3 is 28.4 Å². The summed E-state index contributed by atoms with van der Waals surface area (Å²) in [5, 5.41) is 16.3. The molecule has 0 atom stereocenters. The third kappa shape index (κ3) is 7.55. The van der Waals surface area contributed by atoms with Crippen molar-refractivity contribution in [2.45, 2.75) is 11.3 Å². The summed E-state index contributed by atoms with van der Waals surface area (Å²) in [5.74, 6) is 0.857. The van der Waals surface area contributed by atoms with Gasteiger partial charge in [0, 0.05) is 24.2 Å². The maximum atomic E-state index is 13.6. The topological polar surface area (TPSA) is 237 Å². The number of para-hydroxylation sites is 4. The molecule has 0 spiro atoms. The van der Waals surface area contributed by atoms with Gasteiger partial charge in [-0.2, -0.15) is 10.2 Å². The second kappa shape index (κ2) is 14.8. The Morgan fingerprint density at radius 1 is 0.923 bits per heavy atom. The van der Waals surface area contributed by atoms with Crippen LogP contribution in [0.25, 0.3) is 22.9 Å². The summed E-state index contributed by atoms with van der Waals surface area (Å²) in [5.41, 5.74) is 0.695. The van der Waals surface area contributed by atoms with Crippen LogP contribution in [0.5, 0.6) is 34.6 Å². The minimum atomic E-state index is -4.29. The number of H-pyrrole nitrogens is 1. The zero-order chi connectivity index (χ0) is 35.9.